The minimum absolute atomic E-state index is 0.0282. The molecule has 0 spiro atoms. The van der Waals surface area contributed by atoms with Gasteiger partial charge in [-0.2, -0.15) is 0 Å². The number of hydrogen-bond donors (Lipinski definition) is 2. The predicted molar refractivity (Wildman–Crippen MR) is 76.3 cm³/mol. The average molecular weight is 288 g/mol. The molecular weight excluding hydrogens is 272 g/mol. The van der Waals surface area contributed by atoms with Gasteiger partial charge in [0.1, 0.15) is 5.69 Å². The van der Waals surface area contributed by atoms with Crippen LogP contribution in [0.3, 0.4) is 0 Å². The number of aromatic amines is 1. The first-order valence-electron chi connectivity index (χ1n) is 6.77. The number of ether oxygens (including phenoxy) is 1. The fourth-order valence-corrected chi connectivity index (χ4v) is 2.56. The third-order valence-electron chi connectivity index (χ3n) is 3.68. The number of amides is 1. The zero-order valence-corrected chi connectivity index (χ0v) is 11.6. The second-order valence-corrected chi connectivity index (χ2v) is 5.20. The van der Waals surface area contributed by atoms with E-state index in [1.807, 2.05) is 25.1 Å². The standard InChI is InChI=1S/C15H16N2O4/c1-9-2-3-10-7-12(16-11(10)6-9)14(18)17-4-5-21-8-13(17)15(19)20/h2-3,6-7,13,16H,4-5,8H2,1H3,(H,19,20)/t13-/m1/s1. The Balaban J connectivity index is 1.93. The average Bonchev–Trinajstić information content (AvgIpc) is 2.89. The Kier molecular flexibility index (Phi) is 3.39. The maximum atomic E-state index is 12.5. The van der Waals surface area contributed by atoms with Crippen LogP contribution in [-0.2, 0) is 9.53 Å². The van der Waals surface area contributed by atoms with E-state index in [0.717, 1.165) is 16.5 Å². The molecule has 6 heteroatoms. The van der Waals surface area contributed by atoms with Gasteiger partial charge in [0.2, 0.25) is 0 Å². The number of carboxylic acids is 1. The van der Waals surface area contributed by atoms with Crippen LogP contribution < -0.4 is 0 Å². The molecule has 3 rings (SSSR count). The van der Waals surface area contributed by atoms with Crippen molar-refractivity contribution in [2.75, 3.05) is 19.8 Å². The molecule has 0 bridgehead atoms. The van der Waals surface area contributed by atoms with Crippen LogP contribution in [0, 0.1) is 6.92 Å². The second-order valence-electron chi connectivity index (χ2n) is 5.20. The molecule has 0 saturated carbocycles. The maximum Gasteiger partial charge on any atom is 0.328 e. The van der Waals surface area contributed by atoms with Gasteiger partial charge in [0.25, 0.3) is 5.91 Å². The summed E-state index contributed by atoms with van der Waals surface area (Å²) in [6.45, 7) is 2.64. The lowest BCUT2D eigenvalue weighted by Gasteiger charge is -2.32. The number of fused-ring (bicyclic) bond motifs is 1. The van der Waals surface area contributed by atoms with Gasteiger partial charge in [-0.05, 0) is 24.6 Å². The van der Waals surface area contributed by atoms with E-state index in [2.05, 4.69) is 4.98 Å². The highest BCUT2D eigenvalue weighted by molar-refractivity contribution is 5.99. The number of aryl methyl sites for hydroxylation is 1. The fraction of sp³-hybridized carbons (Fsp3) is 0.333. The number of hydrogen-bond acceptors (Lipinski definition) is 3. The Morgan fingerprint density at radius 1 is 1.38 bits per heavy atom. The van der Waals surface area contributed by atoms with Crippen molar-refractivity contribution in [1.29, 1.82) is 0 Å². The topological polar surface area (TPSA) is 82.6 Å². The number of aromatic nitrogens is 1. The van der Waals surface area contributed by atoms with Gasteiger partial charge in [-0.3, -0.25) is 4.79 Å². The molecular formula is C15H16N2O4. The van der Waals surface area contributed by atoms with E-state index < -0.39 is 12.0 Å². The minimum atomic E-state index is -1.05. The first-order valence-corrected chi connectivity index (χ1v) is 6.77. The number of rotatable bonds is 2. The molecule has 2 N–H and O–H groups in total. The van der Waals surface area contributed by atoms with Crippen LogP contribution in [-0.4, -0.2) is 52.7 Å². The number of aliphatic carboxylic acids is 1. The highest BCUT2D eigenvalue weighted by Crippen LogP contribution is 2.19. The van der Waals surface area contributed by atoms with Gasteiger partial charge >= 0.3 is 5.97 Å². The summed E-state index contributed by atoms with van der Waals surface area (Å²) in [5.74, 6) is -1.35. The molecule has 110 valence electrons. The third-order valence-corrected chi connectivity index (χ3v) is 3.68. The summed E-state index contributed by atoms with van der Waals surface area (Å²) in [5.41, 5.74) is 2.38. The first kappa shape index (κ1) is 13.6. The summed E-state index contributed by atoms with van der Waals surface area (Å²) in [6, 6.07) is 6.69. The van der Waals surface area contributed by atoms with Crippen LogP contribution in [0.1, 0.15) is 16.1 Å². The number of carboxylic acid groups (broad SMARTS) is 1. The van der Waals surface area contributed by atoms with E-state index in [1.165, 1.54) is 4.90 Å². The zero-order valence-electron chi connectivity index (χ0n) is 11.6. The van der Waals surface area contributed by atoms with E-state index >= 15 is 0 Å². The second kappa shape index (κ2) is 5.21. The molecule has 2 aromatic rings. The van der Waals surface area contributed by atoms with Gasteiger partial charge in [-0.1, -0.05) is 12.1 Å². The van der Waals surface area contributed by atoms with Crippen LogP contribution in [0.2, 0.25) is 0 Å². The molecule has 1 atom stereocenters. The number of benzene rings is 1. The maximum absolute atomic E-state index is 12.5. The van der Waals surface area contributed by atoms with Crippen molar-refractivity contribution >= 4 is 22.8 Å². The Morgan fingerprint density at radius 2 is 2.19 bits per heavy atom. The zero-order chi connectivity index (χ0) is 15.0. The van der Waals surface area contributed by atoms with E-state index in [4.69, 9.17) is 4.74 Å². The van der Waals surface area contributed by atoms with Gasteiger partial charge in [0.15, 0.2) is 6.04 Å². The molecule has 1 aliphatic heterocycles. The lowest BCUT2D eigenvalue weighted by molar-refractivity contribution is -0.147. The Morgan fingerprint density at radius 3 is 2.95 bits per heavy atom. The molecule has 1 saturated heterocycles. The summed E-state index contributed by atoms with van der Waals surface area (Å²) in [4.78, 5) is 28.2. The monoisotopic (exact) mass is 288 g/mol. The van der Waals surface area contributed by atoms with Gasteiger partial charge in [-0.25, -0.2) is 4.79 Å². The number of H-pyrrole nitrogens is 1. The summed E-state index contributed by atoms with van der Waals surface area (Å²) >= 11 is 0. The highest BCUT2D eigenvalue weighted by Gasteiger charge is 2.33. The summed E-state index contributed by atoms with van der Waals surface area (Å²) in [5, 5.41) is 10.1. The summed E-state index contributed by atoms with van der Waals surface area (Å²) < 4.78 is 5.15. The molecule has 0 aliphatic carbocycles. The molecule has 1 aromatic carbocycles. The van der Waals surface area contributed by atoms with E-state index in [9.17, 15) is 14.7 Å². The molecule has 1 amide bonds. The Labute approximate surface area is 121 Å². The van der Waals surface area contributed by atoms with Crippen LogP contribution in [0.4, 0.5) is 0 Å². The minimum Gasteiger partial charge on any atom is -0.480 e. The molecule has 2 heterocycles. The van der Waals surface area contributed by atoms with Gasteiger partial charge in [0.05, 0.1) is 13.2 Å². The number of carbonyl (C=O) groups excluding carboxylic acids is 1. The van der Waals surface area contributed by atoms with Crippen LogP contribution in [0.25, 0.3) is 10.9 Å². The molecule has 0 radical (unpaired) electrons. The number of nitrogens with one attached hydrogen (secondary N) is 1. The molecule has 21 heavy (non-hydrogen) atoms. The van der Waals surface area contributed by atoms with Crippen molar-refractivity contribution in [2.45, 2.75) is 13.0 Å². The SMILES string of the molecule is Cc1ccc2cc(C(=O)N3CCOC[C@@H]3C(=O)O)[nH]c2c1. The molecule has 0 unspecified atom stereocenters. The molecule has 6 nitrogen and oxygen atoms in total. The first-order chi connectivity index (χ1) is 10.1. The largest absolute Gasteiger partial charge is 0.480 e. The van der Waals surface area contributed by atoms with E-state index in [-0.39, 0.29) is 19.1 Å². The van der Waals surface area contributed by atoms with E-state index in [1.54, 1.807) is 6.07 Å². The molecule has 1 aromatic heterocycles. The molecule has 1 aliphatic rings. The van der Waals surface area contributed by atoms with E-state index in [0.29, 0.717) is 12.3 Å². The van der Waals surface area contributed by atoms with Crippen molar-refractivity contribution in [3.63, 3.8) is 0 Å². The summed E-state index contributed by atoms with van der Waals surface area (Å²) in [7, 11) is 0. The third kappa shape index (κ3) is 2.50. The Bertz CT molecular complexity index is 707. The Hall–Kier alpha value is -2.34. The highest BCUT2D eigenvalue weighted by atomic mass is 16.5. The quantitative estimate of drug-likeness (QED) is 0.875. The van der Waals surface area contributed by atoms with Crippen LogP contribution >= 0.6 is 0 Å². The van der Waals surface area contributed by atoms with Crippen molar-refractivity contribution in [1.82, 2.24) is 9.88 Å². The lowest BCUT2D eigenvalue weighted by atomic mass is 10.2. The summed E-state index contributed by atoms with van der Waals surface area (Å²) in [6.07, 6.45) is 0. The number of nitrogens with zero attached hydrogens (tertiary/aromatic N) is 1. The smallest absolute Gasteiger partial charge is 0.328 e. The van der Waals surface area contributed by atoms with Gasteiger partial charge < -0.3 is 19.7 Å². The lowest BCUT2D eigenvalue weighted by Crippen LogP contribution is -2.52. The van der Waals surface area contributed by atoms with Gasteiger partial charge in [0, 0.05) is 17.4 Å². The van der Waals surface area contributed by atoms with Crippen molar-refractivity contribution in [3.8, 4) is 0 Å². The number of carbonyl (C=O) groups is 2. The van der Waals surface area contributed by atoms with Crippen LogP contribution in [0.5, 0.6) is 0 Å². The van der Waals surface area contributed by atoms with Crippen molar-refractivity contribution < 1.29 is 19.4 Å². The number of morpholine rings is 1. The fourth-order valence-electron chi connectivity index (χ4n) is 2.56. The van der Waals surface area contributed by atoms with Crippen LogP contribution in [0.15, 0.2) is 24.3 Å². The normalized spacial score (nSPS) is 18.9. The predicted octanol–water partition coefficient (Wildman–Crippen LogP) is 1.40. The molecule has 1 fully saturated rings. The van der Waals surface area contributed by atoms with Crippen molar-refractivity contribution in [3.05, 3.63) is 35.5 Å². The van der Waals surface area contributed by atoms with Crippen molar-refractivity contribution in [2.24, 2.45) is 0 Å². The van der Waals surface area contributed by atoms with Gasteiger partial charge in [-0.15, -0.1) is 0 Å².